The SMILES string of the molecule is CCNC(C)(C(N)=O)c1ccc2ccccc2c1. The van der Waals surface area contributed by atoms with Crippen molar-refractivity contribution in [1.82, 2.24) is 5.32 Å². The molecule has 1 atom stereocenters. The van der Waals surface area contributed by atoms with Crippen LogP contribution in [-0.4, -0.2) is 12.5 Å². The lowest BCUT2D eigenvalue weighted by atomic mass is 9.89. The summed E-state index contributed by atoms with van der Waals surface area (Å²) >= 11 is 0. The number of benzene rings is 2. The summed E-state index contributed by atoms with van der Waals surface area (Å²) in [5.74, 6) is -0.361. The quantitative estimate of drug-likeness (QED) is 0.863. The van der Waals surface area contributed by atoms with E-state index in [9.17, 15) is 4.79 Å². The number of rotatable bonds is 4. The van der Waals surface area contributed by atoms with Crippen molar-refractivity contribution in [3.63, 3.8) is 0 Å². The molecular weight excluding hydrogens is 224 g/mol. The average Bonchev–Trinajstić information content (AvgIpc) is 2.38. The zero-order chi connectivity index (χ0) is 13.2. The monoisotopic (exact) mass is 242 g/mol. The largest absolute Gasteiger partial charge is 0.368 e. The lowest BCUT2D eigenvalue weighted by Gasteiger charge is -2.27. The van der Waals surface area contributed by atoms with Gasteiger partial charge in [0.25, 0.3) is 0 Å². The highest BCUT2D eigenvalue weighted by atomic mass is 16.1. The van der Waals surface area contributed by atoms with Crippen LogP contribution in [0.25, 0.3) is 10.8 Å². The first kappa shape index (κ1) is 12.6. The van der Waals surface area contributed by atoms with Crippen LogP contribution in [0.2, 0.25) is 0 Å². The van der Waals surface area contributed by atoms with E-state index in [-0.39, 0.29) is 5.91 Å². The highest BCUT2D eigenvalue weighted by molar-refractivity contribution is 5.89. The van der Waals surface area contributed by atoms with Crippen LogP contribution in [0, 0.1) is 0 Å². The van der Waals surface area contributed by atoms with Crippen LogP contribution < -0.4 is 11.1 Å². The second-order valence-electron chi connectivity index (χ2n) is 4.58. The highest BCUT2D eigenvalue weighted by Gasteiger charge is 2.32. The molecule has 2 aromatic carbocycles. The van der Waals surface area contributed by atoms with Crippen molar-refractivity contribution in [2.45, 2.75) is 19.4 Å². The number of nitrogens with one attached hydrogen (secondary N) is 1. The van der Waals surface area contributed by atoms with Gasteiger partial charge in [0.1, 0.15) is 5.54 Å². The predicted molar refractivity (Wildman–Crippen MR) is 74.2 cm³/mol. The van der Waals surface area contributed by atoms with Crippen molar-refractivity contribution in [3.8, 4) is 0 Å². The van der Waals surface area contributed by atoms with Crippen LogP contribution >= 0.6 is 0 Å². The Labute approximate surface area is 107 Å². The first-order chi connectivity index (χ1) is 8.58. The van der Waals surface area contributed by atoms with E-state index in [1.54, 1.807) is 0 Å². The molecule has 2 aromatic rings. The van der Waals surface area contributed by atoms with Gasteiger partial charge in [0.05, 0.1) is 0 Å². The summed E-state index contributed by atoms with van der Waals surface area (Å²) in [6.07, 6.45) is 0. The summed E-state index contributed by atoms with van der Waals surface area (Å²) in [5.41, 5.74) is 5.61. The Morgan fingerprint density at radius 1 is 1.22 bits per heavy atom. The van der Waals surface area contributed by atoms with Crippen molar-refractivity contribution in [3.05, 3.63) is 48.0 Å². The van der Waals surface area contributed by atoms with Crippen molar-refractivity contribution >= 4 is 16.7 Å². The van der Waals surface area contributed by atoms with Gasteiger partial charge in [-0.05, 0) is 35.9 Å². The molecule has 0 aromatic heterocycles. The number of carbonyl (C=O) groups is 1. The lowest BCUT2D eigenvalue weighted by molar-refractivity contribution is -0.124. The number of nitrogens with two attached hydrogens (primary N) is 1. The van der Waals surface area contributed by atoms with Gasteiger partial charge in [0.15, 0.2) is 0 Å². The van der Waals surface area contributed by atoms with E-state index in [2.05, 4.69) is 5.32 Å². The molecule has 0 aliphatic carbocycles. The fourth-order valence-corrected chi connectivity index (χ4v) is 2.19. The Hall–Kier alpha value is -1.87. The zero-order valence-electron chi connectivity index (χ0n) is 10.7. The third-order valence-corrected chi connectivity index (χ3v) is 3.35. The van der Waals surface area contributed by atoms with E-state index in [1.807, 2.05) is 56.3 Å². The van der Waals surface area contributed by atoms with E-state index >= 15 is 0 Å². The summed E-state index contributed by atoms with van der Waals surface area (Å²) in [5, 5.41) is 5.43. The zero-order valence-corrected chi connectivity index (χ0v) is 10.7. The topological polar surface area (TPSA) is 55.1 Å². The molecule has 0 fully saturated rings. The minimum absolute atomic E-state index is 0.361. The minimum atomic E-state index is -0.821. The van der Waals surface area contributed by atoms with Crippen LogP contribution in [0.15, 0.2) is 42.5 Å². The molecule has 0 aliphatic rings. The summed E-state index contributed by atoms with van der Waals surface area (Å²) in [6, 6.07) is 14.1. The van der Waals surface area contributed by atoms with Gasteiger partial charge in [0, 0.05) is 0 Å². The van der Waals surface area contributed by atoms with Crippen LogP contribution in [0.3, 0.4) is 0 Å². The number of fused-ring (bicyclic) bond motifs is 1. The Morgan fingerprint density at radius 2 is 1.89 bits per heavy atom. The summed E-state index contributed by atoms with van der Waals surface area (Å²) < 4.78 is 0. The maximum absolute atomic E-state index is 11.7. The van der Waals surface area contributed by atoms with E-state index in [1.165, 1.54) is 0 Å². The number of likely N-dealkylation sites (N-methyl/N-ethyl adjacent to an activating group) is 1. The van der Waals surface area contributed by atoms with Crippen molar-refractivity contribution in [2.24, 2.45) is 5.73 Å². The summed E-state index contributed by atoms with van der Waals surface area (Å²) in [6.45, 7) is 4.47. The van der Waals surface area contributed by atoms with E-state index < -0.39 is 5.54 Å². The summed E-state index contributed by atoms with van der Waals surface area (Å²) in [7, 11) is 0. The molecule has 3 heteroatoms. The van der Waals surface area contributed by atoms with Crippen molar-refractivity contribution in [2.75, 3.05) is 6.54 Å². The highest BCUT2D eigenvalue weighted by Crippen LogP contribution is 2.24. The molecule has 3 nitrogen and oxygen atoms in total. The number of carbonyl (C=O) groups excluding carboxylic acids is 1. The van der Waals surface area contributed by atoms with Gasteiger partial charge in [0.2, 0.25) is 5.91 Å². The number of primary amides is 1. The molecular formula is C15H18N2O. The van der Waals surface area contributed by atoms with Gasteiger partial charge < -0.3 is 11.1 Å². The maximum Gasteiger partial charge on any atom is 0.242 e. The second kappa shape index (κ2) is 4.78. The number of hydrogen-bond donors (Lipinski definition) is 2. The smallest absolute Gasteiger partial charge is 0.242 e. The molecule has 1 amide bonds. The Balaban J connectivity index is 2.54. The van der Waals surface area contributed by atoms with E-state index in [4.69, 9.17) is 5.73 Å². The third-order valence-electron chi connectivity index (χ3n) is 3.35. The van der Waals surface area contributed by atoms with Gasteiger partial charge in [-0.3, -0.25) is 4.79 Å². The van der Waals surface area contributed by atoms with Crippen LogP contribution in [-0.2, 0) is 10.3 Å². The van der Waals surface area contributed by atoms with E-state index in [0.717, 1.165) is 16.3 Å². The fourth-order valence-electron chi connectivity index (χ4n) is 2.19. The molecule has 0 spiro atoms. The molecule has 0 saturated carbocycles. The molecule has 2 rings (SSSR count). The second-order valence-corrected chi connectivity index (χ2v) is 4.58. The van der Waals surface area contributed by atoms with Gasteiger partial charge >= 0.3 is 0 Å². The van der Waals surface area contributed by atoms with Crippen LogP contribution in [0.5, 0.6) is 0 Å². The molecule has 0 heterocycles. The Kier molecular flexibility index (Phi) is 3.34. The van der Waals surface area contributed by atoms with Crippen LogP contribution in [0.1, 0.15) is 19.4 Å². The Morgan fingerprint density at radius 3 is 2.50 bits per heavy atom. The minimum Gasteiger partial charge on any atom is -0.368 e. The molecule has 0 aliphatic heterocycles. The molecule has 3 N–H and O–H groups in total. The molecule has 18 heavy (non-hydrogen) atoms. The molecule has 1 unspecified atom stereocenters. The van der Waals surface area contributed by atoms with Gasteiger partial charge in [-0.15, -0.1) is 0 Å². The lowest BCUT2D eigenvalue weighted by Crippen LogP contribution is -2.50. The Bertz CT molecular complexity index is 579. The molecule has 94 valence electrons. The van der Waals surface area contributed by atoms with E-state index in [0.29, 0.717) is 6.54 Å². The maximum atomic E-state index is 11.7. The molecule has 0 radical (unpaired) electrons. The van der Waals surface area contributed by atoms with Crippen molar-refractivity contribution < 1.29 is 4.79 Å². The first-order valence-corrected chi connectivity index (χ1v) is 6.12. The number of hydrogen-bond acceptors (Lipinski definition) is 2. The van der Waals surface area contributed by atoms with Gasteiger partial charge in [-0.25, -0.2) is 0 Å². The average molecular weight is 242 g/mol. The normalized spacial score (nSPS) is 14.3. The van der Waals surface area contributed by atoms with Crippen molar-refractivity contribution in [1.29, 1.82) is 0 Å². The number of amides is 1. The molecule has 0 saturated heterocycles. The fraction of sp³-hybridized carbons (Fsp3) is 0.267. The predicted octanol–water partition coefficient (Wildman–Crippen LogP) is 2.15. The summed E-state index contributed by atoms with van der Waals surface area (Å²) in [4.78, 5) is 11.7. The van der Waals surface area contributed by atoms with Gasteiger partial charge in [-0.2, -0.15) is 0 Å². The van der Waals surface area contributed by atoms with Crippen LogP contribution in [0.4, 0.5) is 0 Å². The third kappa shape index (κ3) is 2.09. The molecule has 0 bridgehead atoms. The van der Waals surface area contributed by atoms with Gasteiger partial charge in [-0.1, -0.05) is 43.3 Å². The first-order valence-electron chi connectivity index (χ1n) is 6.12. The standard InChI is InChI=1S/C15H18N2O/c1-3-17-15(2,14(16)18)13-9-8-11-6-4-5-7-12(11)10-13/h4-10,17H,3H2,1-2H3,(H2,16,18).